The van der Waals surface area contributed by atoms with Crippen molar-refractivity contribution in [2.75, 3.05) is 6.54 Å². The van der Waals surface area contributed by atoms with Crippen LogP contribution in [0.1, 0.15) is 13.8 Å². The third-order valence-electron chi connectivity index (χ3n) is 0.818. The number of halogens is 1. The maximum absolute atomic E-state index is 9.98. The van der Waals surface area contributed by atoms with Crippen LogP contribution >= 0.6 is 12.4 Å². The van der Waals surface area contributed by atoms with E-state index in [9.17, 15) is 4.79 Å². The lowest BCUT2D eigenvalue weighted by molar-refractivity contribution is -0.115. The number of carbonyl (C=O) groups excluding carboxylic acids is 1. The maximum Gasteiger partial charge on any atom is 0.222 e. The second-order valence-electron chi connectivity index (χ2n) is 2.25. The molecule has 0 saturated carbocycles. The first-order chi connectivity index (χ1) is 4.20. The molecule has 10 heavy (non-hydrogen) atoms. The average Bonchev–Trinajstić information content (AvgIpc) is 1.82. The Labute approximate surface area is 67.0 Å². The van der Waals surface area contributed by atoms with Crippen LogP contribution in [0.3, 0.4) is 0 Å². The Balaban J connectivity index is 0. The Kier molecular flexibility index (Phi) is 7.63. The molecular weight excluding hydrogens is 152 g/mol. The number of nitrogens with zero attached hydrogens (tertiary/aromatic N) is 2. The number of hydrogen-bond donors (Lipinski definition) is 0. The van der Waals surface area contributed by atoms with Gasteiger partial charge in [0.1, 0.15) is 0 Å². The number of carbonyl (C=O) groups is 1. The summed E-state index contributed by atoms with van der Waals surface area (Å²) in [6.45, 7) is 4.42. The number of rotatable bonds is 3. The first kappa shape index (κ1) is 12.0. The first-order valence-electron chi connectivity index (χ1n) is 2.82. The molecule has 0 aliphatic heterocycles. The minimum absolute atomic E-state index is 0. The summed E-state index contributed by atoms with van der Waals surface area (Å²) in [5.74, 6) is 0.356. The van der Waals surface area contributed by atoms with E-state index in [2.05, 4.69) is 0 Å². The van der Waals surface area contributed by atoms with Gasteiger partial charge >= 0.3 is 0 Å². The number of hydrogen-bond acceptors (Lipinski definition) is 2. The third kappa shape index (κ3) is 5.39. The zero-order valence-electron chi connectivity index (χ0n) is 6.07. The van der Waals surface area contributed by atoms with Crippen LogP contribution in [0.5, 0.6) is 0 Å². The predicted molar refractivity (Wildman–Crippen MR) is 40.5 cm³/mol. The summed E-state index contributed by atoms with van der Waals surface area (Å²) in [5.41, 5.74) is 0. The van der Waals surface area contributed by atoms with Crippen molar-refractivity contribution in [2.45, 2.75) is 13.8 Å². The van der Waals surface area contributed by atoms with Crippen LogP contribution in [0.4, 0.5) is 0 Å². The van der Waals surface area contributed by atoms with Crippen molar-refractivity contribution in [3.63, 3.8) is 0 Å². The van der Waals surface area contributed by atoms with Gasteiger partial charge in [0.05, 0.1) is 0 Å². The SMILES string of the molecule is CC(C)CN(C#N)C=O.Cl. The van der Waals surface area contributed by atoms with E-state index in [-0.39, 0.29) is 12.4 Å². The molecular formula is C6H11ClN2O. The molecule has 0 aliphatic rings. The van der Waals surface area contributed by atoms with Gasteiger partial charge in [-0.1, -0.05) is 13.8 Å². The molecule has 0 heterocycles. The molecule has 0 radical (unpaired) electrons. The Hall–Kier alpha value is -0.750. The zero-order chi connectivity index (χ0) is 7.28. The van der Waals surface area contributed by atoms with Crippen LogP contribution in [0.15, 0.2) is 0 Å². The van der Waals surface area contributed by atoms with Crippen LogP contribution in [-0.4, -0.2) is 17.9 Å². The van der Waals surface area contributed by atoms with Crippen molar-refractivity contribution in [1.29, 1.82) is 5.26 Å². The van der Waals surface area contributed by atoms with Gasteiger partial charge in [-0.15, -0.1) is 12.4 Å². The van der Waals surface area contributed by atoms with Gasteiger partial charge in [-0.3, -0.25) is 9.69 Å². The zero-order valence-corrected chi connectivity index (χ0v) is 6.89. The van der Waals surface area contributed by atoms with Gasteiger partial charge in [0.15, 0.2) is 6.19 Å². The largest absolute Gasteiger partial charge is 0.278 e. The molecule has 0 fully saturated rings. The molecule has 0 saturated heterocycles. The van der Waals surface area contributed by atoms with E-state index in [1.165, 1.54) is 0 Å². The molecule has 0 aromatic rings. The minimum Gasteiger partial charge on any atom is -0.278 e. The lowest BCUT2D eigenvalue weighted by Crippen LogP contribution is -2.20. The molecule has 58 valence electrons. The highest BCUT2D eigenvalue weighted by atomic mass is 35.5. The summed E-state index contributed by atoms with van der Waals surface area (Å²) >= 11 is 0. The van der Waals surface area contributed by atoms with Gasteiger partial charge in [-0.2, -0.15) is 5.26 Å². The molecule has 1 amide bonds. The number of amides is 1. The van der Waals surface area contributed by atoms with E-state index >= 15 is 0 Å². The molecule has 0 spiro atoms. The van der Waals surface area contributed by atoms with E-state index in [1.54, 1.807) is 6.19 Å². The smallest absolute Gasteiger partial charge is 0.222 e. The van der Waals surface area contributed by atoms with Crippen LogP contribution in [0, 0.1) is 17.4 Å². The summed E-state index contributed by atoms with van der Waals surface area (Å²) in [4.78, 5) is 11.0. The second kappa shape index (κ2) is 6.37. The fourth-order valence-electron chi connectivity index (χ4n) is 0.501. The summed E-state index contributed by atoms with van der Waals surface area (Å²) < 4.78 is 0. The van der Waals surface area contributed by atoms with Crippen molar-refractivity contribution in [3.8, 4) is 6.19 Å². The summed E-state index contributed by atoms with van der Waals surface area (Å²) in [5, 5.41) is 8.22. The summed E-state index contributed by atoms with van der Waals surface area (Å²) in [7, 11) is 0. The van der Waals surface area contributed by atoms with Gasteiger partial charge < -0.3 is 0 Å². The number of nitriles is 1. The van der Waals surface area contributed by atoms with E-state index < -0.39 is 0 Å². The van der Waals surface area contributed by atoms with Gasteiger partial charge in [0, 0.05) is 6.54 Å². The Morgan fingerprint density at radius 3 is 2.30 bits per heavy atom. The van der Waals surface area contributed by atoms with Gasteiger partial charge in [0.2, 0.25) is 6.41 Å². The normalized spacial score (nSPS) is 7.80. The van der Waals surface area contributed by atoms with E-state index in [0.29, 0.717) is 18.9 Å². The van der Waals surface area contributed by atoms with Gasteiger partial charge in [-0.05, 0) is 5.92 Å². The molecule has 0 aromatic heterocycles. The standard InChI is InChI=1S/C6H10N2O.ClH/c1-6(2)3-8(4-7)5-9;/h5-6H,3H2,1-2H3;1H. The minimum atomic E-state index is 0. The summed E-state index contributed by atoms with van der Waals surface area (Å²) in [6, 6.07) is 0. The third-order valence-corrected chi connectivity index (χ3v) is 0.818. The Bertz CT molecular complexity index is 130. The average molecular weight is 163 g/mol. The topological polar surface area (TPSA) is 44.1 Å². The first-order valence-corrected chi connectivity index (χ1v) is 2.82. The predicted octanol–water partition coefficient (Wildman–Crippen LogP) is 1.00. The van der Waals surface area contributed by atoms with E-state index in [1.807, 2.05) is 13.8 Å². The fourth-order valence-corrected chi connectivity index (χ4v) is 0.501. The van der Waals surface area contributed by atoms with Gasteiger partial charge in [-0.25, -0.2) is 0 Å². The monoisotopic (exact) mass is 162 g/mol. The van der Waals surface area contributed by atoms with Crippen molar-refractivity contribution >= 4 is 18.8 Å². The highest BCUT2D eigenvalue weighted by Crippen LogP contribution is 1.92. The molecule has 4 heteroatoms. The van der Waals surface area contributed by atoms with Crippen LogP contribution in [0.25, 0.3) is 0 Å². The van der Waals surface area contributed by atoms with Gasteiger partial charge in [0.25, 0.3) is 0 Å². The second-order valence-corrected chi connectivity index (χ2v) is 2.25. The molecule has 0 atom stereocenters. The van der Waals surface area contributed by atoms with Crippen LogP contribution in [0.2, 0.25) is 0 Å². The molecule has 0 bridgehead atoms. The quantitative estimate of drug-likeness (QED) is 0.353. The van der Waals surface area contributed by atoms with Crippen LogP contribution < -0.4 is 0 Å². The van der Waals surface area contributed by atoms with Crippen molar-refractivity contribution < 1.29 is 4.79 Å². The molecule has 0 aromatic carbocycles. The van der Waals surface area contributed by atoms with E-state index in [0.717, 1.165) is 4.90 Å². The van der Waals surface area contributed by atoms with Crippen molar-refractivity contribution in [3.05, 3.63) is 0 Å². The summed E-state index contributed by atoms with van der Waals surface area (Å²) in [6.07, 6.45) is 2.29. The fraction of sp³-hybridized carbons (Fsp3) is 0.667. The van der Waals surface area contributed by atoms with Crippen molar-refractivity contribution in [1.82, 2.24) is 4.90 Å². The molecule has 3 nitrogen and oxygen atoms in total. The Morgan fingerprint density at radius 2 is 2.20 bits per heavy atom. The van der Waals surface area contributed by atoms with E-state index in [4.69, 9.17) is 5.26 Å². The molecule has 0 N–H and O–H groups in total. The molecule has 0 unspecified atom stereocenters. The Morgan fingerprint density at radius 1 is 1.70 bits per heavy atom. The highest BCUT2D eigenvalue weighted by molar-refractivity contribution is 5.85. The van der Waals surface area contributed by atoms with Crippen LogP contribution in [-0.2, 0) is 4.79 Å². The molecule has 0 aliphatic carbocycles. The lowest BCUT2D eigenvalue weighted by Gasteiger charge is -2.08. The van der Waals surface area contributed by atoms with Crippen molar-refractivity contribution in [2.24, 2.45) is 5.92 Å². The maximum atomic E-state index is 9.98. The highest BCUT2D eigenvalue weighted by Gasteiger charge is 2.00. The lowest BCUT2D eigenvalue weighted by atomic mass is 10.2. The molecule has 0 rings (SSSR count).